The van der Waals surface area contributed by atoms with E-state index in [9.17, 15) is 4.79 Å². The Balaban J connectivity index is 2.22. The smallest absolute Gasteiger partial charge is 0.245 e. The number of nitrogens with one attached hydrogen (secondary N) is 1. The van der Waals surface area contributed by atoms with Crippen molar-refractivity contribution in [3.8, 4) is 6.07 Å². The molecule has 2 heterocycles. The summed E-state index contributed by atoms with van der Waals surface area (Å²) < 4.78 is 5.41. The van der Waals surface area contributed by atoms with Crippen LogP contribution >= 0.6 is 0 Å². The van der Waals surface area contributed by atoms with Gasteiger partial charge in [-0.15, -0.1) is 0 Å². The second kappa shape index (κ2) is 6.35. The van der Waals surface area contributed by atoms with Gasteiger partial charge in [0, 0.05) is 24.5 Å². The van der Waals surface area contributed by atoms with Crippen LogP contribution in [0.3, 0.4) is 0 Å². The van der Waals surface area contributed by atoms with Crippen molar-refractivity contribution in [1.82, 2.24) is 10.3 Å². The van der Waals surface area contributed by atoms with E-state index in [0.717, 1.165) is 5.69 Å². The van der Waals surface area contributed by atoms with E-state index in [0.29, 0.717) is 25.5 Å². The minimum atomic E-state index is -0.375. The van der Waals surface area contributed by atoms with Crippen molar-refractivity contribution >= 4 is 11.6 Å². The van der Waals surface area contributed by atoms with Crippen LogP contribution in [0, 0.1) is 11.3 Å². The molecule has 1 saturated heterocycles. The molecule has 1 unspecified atom stereocenters. The topological polar surface area (TPSA) is 78.2 Å². The number of amides is 1. The van der Waals surface area contributed by atoms with Crippen molar-refractivity contribution in [3.63, 3.8) is 0 Å². The molecule has 106 valence electrons. The van der Waals surface area contributed by atoms with Crippen LogP contribution < -0.4 is 10.2 Å². The first-order valence-electron chi connectivity index (χ1n) is 6.62. The number of aromatic nitrogens is 1. The Kier molecular flexibility index (Phi) is 4.53. The highest BCUT2D eigenvalue weighted by Gasteiger charge is 2.30. The first-order chi connectivity index (χ1) is 9.61. The van der Waals surface area contributed by atoms with E-state index in [1.165, 1.54) is 0 Å². The molecule has 0 spiro atoms. The average molecular weight is 274 g/mol. The molecule has 0 radical (unpaired) electrons. The van der Waals surface area contributed by atoms with E-state index in [1.807, 2.05) is 30.9 Å². The number of carbonyl (C=O) groups excluding carboxylic acids is 1. The van der Waals surface area contributed by atoms with Gasteiger partial charge in [-0.3, -0.25) is 4.79 Å². The highest BCUT2D eigenvalue weighted by atomic mass is 16.5. The lowest BCUT2D eigenvalue weighted by molar-refractivity contribution is -0.125. The van der Waals surface area contributed by atoms with Crippen molar-refractivity contribution in [2.45, 2.75) is 25.9 Å². The molecule has 1 amide bonds. The normalized spacial score (nSPS) is 18.7. The van der Waals surface area contributed by atoms with Gasteiger partial charge in [0.1, 0.15) is 17.8 Å². The van der Waals surface area contributed by atoms with Gasteiger partial charge >= 0.3 is 0 Å². The number of pyridine rings is 1. The number of ether oxygens (including phenoxy) is 1. The van der Waals surface area contributed by atoms with Crippen LogP contribution in [0.25, 0.3) is 0 Å². The number of morpholine rings is 1. The van der Waals surface area contributed by atoms with Gasteiger partial charge in [-0.05, 0) is 26.0 Å². The van der Waals surface area contributed by atoms with E-state index in [-0.39, 0.29) is 18.0 Å². The lowest BCUT2D eigenvalue weighted by atomic mass is 10.1. The number of nitrogens with zero attached hydrogens (tertiary/aromatic N) is 3. The van der Waals surface area contributed by atoms with Gasteiger partial charge in [0.25, 0.3) is 0 Å². The average Bonchev–Trinajstić information content (AvgIpc) is 2.46. The number of hydrogen-bond donors (Lipinski definition) is 1. The summed E-state index contributed by atoms with van der Waals surface area (Å²) in [5.41, 5.74) is 1.17. The number of hydrogen-bond acceptors (Lipinski definition) is 5. The van der Waals surface area contributed by atoms with Crippen LogP contribution in [-0.4, -0.2) is 42.7 Å². The van der Waals surface area contributed by atoms with Gasteiger partial charge in [0.15, 0.2) is 0 Å². The molecule has 6 heteroatoms. The van der Waals surface area contributed by atoms with Crippen LogP contribution in [0.15, 0.2) is 18.3 Å². The first kappa shape index (κ1) is 14.3. The molecule has 1 N–H and O–H groups in total. The Hall–Kier alpha value is -2.13. The third-order valence-electron chi connectivity index (χ3n) is 3.05. The maximum Gasteiger partial charge on any atom is 0.245 e. The molecule has 6 nitrogen and oxygen atoms in total. The number of anilines is 1. The third-order valence-corrected chi connectivity index (χ3v) is 3.05. The van der Waals surface area contributed by atoms with Crippen molar-refractivity contribution in [2.75, 3.05) is 24.7 Å². The molecule has 20 heavy (non-hydrogen) atoms. The predicted molar refractivity (Wildman–Crippen MR) is 74.2 cm³/mol. The largest absolute Gasteiger partial charge is 0.377 e. The molecule has 1 aliphatic heterocycles. The van der Waals surface area contributed by atoms with Gasteiger partial charge < -0.3 is 15.0 Å². The van der Waals surface area contributed by atoms with Gasteiger partial charge in [-0.25, -0.2) is 4.98 Å². The minimum absolute atomic E-state index is 0.0602. The van der Waals surface area contributed by atoms with E-state index in [1.54, 1.807) is 12.3 Å². The lowest BCUT2D eigenvalue weighted by Crippen LogP contribution is -2.55. The fourth-order valence-electron chi connectivity index (χ4n) is 2.17. The summed E-state index contributed by atoms with van der Waals surface area (Å²) in [5, 5.41) is 11.8. The second-order valence-corrected chi connectivity index (χ2v) is 4.96. The zero-order chi connectivity index (χ0) is 14.5. The van der Waals surface area contributed by atoms with Gasteiger partial charge in [0.2, 0.25) is 5.91 Å². The number of carbonyl (C=O) groups is 1. The van der Waals surface area contributed by atoms with Crippen LogP contribution in [0.2, 0.25) is 0 Å². The van der Waals surface area contributed by atoms with Crippen LogP contribution in [0.1, 0.15) is 19.5 Å². The molecule has 0 bridgehead atoms. The van der Waals surface area contributed by atoms with Crippen LogP contribution in [-0.2, 0) is 9.53 Å². The Morgan fingerprint density at radius 2 is 2.45 bits per heavy atom. The second-order valence-electron chi connectivity index (χ2n) is 4.96. The van der Waals surface area contributed by atoms with Gasteiger partial charge in [-0.2, -0.15) is 5.26 Å². The fourth-order valence-corrected chi connectivity index (χ4v) is 2.17. The monoisotopic (exact) mass is 274 g/mol. The first-order valence-corrected chi connectivity index (χ1v) is 6.62. The third kappa shape index (κ3) is 3.25. The molecule has 1 aromatic rings. The SMILES string of the molecule is CC(C)NC(=O)C1COCCN1c1ccnc(C#N)c1. The maximum atomic E-state index is 12.2. The number of nitriles is 1. The highest BCUT2D eigenvalue weighted by molar-refractivity contribution is 5.85. The van der Waals surface area contributed by atoms with Crippen LogP contribution in [0.5, 0.6) is 0 Å². The van der Waals surface area contributed by atoms with E-state index >= 15 is 0 Å². The Bertz CT molecular complexity index is 524. The summed E-state index contributed by atoms with van der Waals surface area (Å²) in [6, 6.07) is 5.22. The molecule has 1 fully saturated rings. The molecule has 1 aliphatic rings. The summed E-state index contributed by atoms with van der Waals surface area (Å²) in [4.78, 5) is 18.1. The Morgan fingerprint density at radius 3 is 3.15 bits per heavy atom. The minimum Gasteiger partial charge on any atom is -0.377 e. The van der Waals surface area contributed by atoms with Crippen molar-refractivity contribution in [3.05, 3.63) is 24.0 Å². The summed E-state index contributed by atoms with van der Waals surface area (Å²) in [5.74, 6) is -0.0602. The summed E-state index contributed by atoms with van der Waals surface area (Å²) in [6.07, 6.45) is 1.58. The zero-order valence-electron chi connectivity index (χ0n) is 11.7. The maximum absolute atomic E-state index is 12.2. The van der Waals surface area contributed by atoms with E-state index < -0.39 is 0 Å². The Morgan fingerprint density at radius 1 is 1.65 bits per heavy atom. The van der Waals surface area contributed by atoms with E-state index in [4.69, 9.17) is 10.00 Å². The zero-order valence-corrected chi connectivity index (χ0v) is 11.7. The van der Waals surface area contributed by atoms with Crippen molar-refractivity contribution in [2.24, 2.45) is 0 Å². The Labute approximate surface area is 118 Å². The molecule has 1 aromatic heterocycles. The summed E-state index contributed by atoms with van der Waals surface area (Å²) in [6.45, 7) is 5.38. The number of rotatable bonds is 3. The van der Waals surface area contributed by atoms with Gasteiger partial charge in [-0.1, -0.05) is 0 Å². The molecular weight excluding hydrogens is 256 g/mol. The van der Waals surface area contributed by atoms with Crippen LogP contribution in [0.4, 0.5) is 5.69 Å². The lowest BCUT2D eigenvalue weighted by Gasteiger charge is -2.36. The van der Waals surface area contributed by atoms with Crippen molar-refractivity contribution in [1.29, 1.82) is 5.26 Å². The quantitative estimate of drug-likeness (QED) is 0.877. The molecule has 0 saturated carbocycles. The molecular formula is C14H18N4O2. The molecule has 1 atom stereocenters. The molecule has 0 aliphatic carbocycles. The summed E-state index contributed by atoms with van der Waals surface area (Å²) in [7, 11) is 0. The molecule has 0 aromatic carbocycles. The van der Waals surface area contributed by atoms with E-state index in [2.05, 4.69) is 10.3 Å². The standard InChI is InChI=1S/C14H18N4O2/c1-10(2)17-14(19)13-9-20-6-5-18(13)12-3-4-16-11(7-12)8-15/h3-4,7,10,13H,5-6,9H2,1-2H3,(H,17,19). The summed E-state index contributed by atoms with van der Waals surface area (Å²) >= 11 is 0. The predicted octanol–water partition coefficient (Wildman–Crippen LogP) is 0.683. The highest BCUT2D eigenvalue weighted by Crippen LogP contribution is 2.20. The molecule has 2 rings (SSSR count). The fraction of sp³-hybridized carbons (Fsp3) is 0.500. The van der Waals surface area contributed by atoms with Crippen molar-refractivity contribution < 1.29 is 9.53 Å². The van der Waals surface area contributed by atoms with Gasteiger partial charge in [0.05, 0.1) is 13.2 Å².